The van der Waals surface area contributed by atoms with E-state index >= 15 is 0 Å². The van der Waals surface area contributed by atoms with E-state index in [1.54, 1.807) is 31.3 Å². The number of rotatable bonds is 5. The molecule has 0 fully saturated rings. The number of amides is 1. The summed E-state index contributed by atoms with van der Waals surface area (Å²) in [6.07, 6.45) is -1.22. The zero-order chi connectivity index (χ0) is 12.7. The van der Waals surface area contributed by atoms with E-state index in [1.807, 2.05) is 6.07 Å². The molecule has 1 aromatic carbocycles. The number of likely N-dealkylation sites (N-methyl/N-ethyl adjacent to an activating group) is 1. The van der Waals surface area contributed by atoms with Crippen molar-refractivity contribution in [1.29, 1.82) is 0 Å². The van der Waals surface area contributed by atoms with E-state index in [-0.39, 0.29) is 13.2 Å². The Kier molecular flexibility index (Phi) is 5.45. The summed E-state index contributed by atoms with van der Waals surface area (Å²) in [4.78, 5) is 12.9. The second-order valence-electron chi connectivity index (χ2n) is 3.67. The minimum Gasteiger partial charge on any atom is -0.410 e. The summed E-state index contributed by atoms with van der Waals surface area (Å²) in [6, 6.07) is 8.78. The van der Waals surface area contributed by atoms with Crippen molar-refractivity contribution in [2.24, 2.45) is 0 Å². The first-order valence-electron chi connectivity index (χ1n) is 5.28. The van der Waals surface area contributed by atoms with E-state index in [4.69, 9.17) is 9.47 Å². The van der Waals surface area contributed by atoms with Gasteiger partial charge in [-0.3, -0.25) is 0 Å². The lowest BCUT2D eigenvalue weighted by molar-refractivity contribution is 0.0445. The van der Waals surface area contributed by atoms with Crippen molar-refractivity contribution in [3.05, 3.63) is 30.3 Å². The average molecular weight is 239 g/mol. The number of carbonyl (C=O) groups is 1. The Bertz CT molecular complexity index is 342. The van der Waals surface area contributed by atoms with Gasteiger partial charge in [-0.15, -0.1) is 0 Å². The van der Waals surface area contributed by atoms with Gasteiger partial charge in [0.15, 0.2) is 0 Å². The molecule has 17 heavy (non-hydrogen) atoms. The first kappa shape index (κ1) is 13.5. The molecule has 0 bridgehead atoms. The van der Waals surface area contributed by atoms with Crippen LogP contribution in [0.5, 0.6) is 5.75 Å². The fraction of sp³-hybridized carbons (Fsp3) is 0.417. The van der Waals surface area contributed by atoms with Gasteiger partial charge in [0, 0.05) is 14.2 Å². The Morgan fingerprint density at radius 2 is 2.06 bits per heavy atom. The highest BCUT2D eigenvalue weighted by Crippen LogP contribution is 2.09. The van der Waals surface area contributed by atoms with Crippen molar-refractivity contribution >= 4 is 6.09 Å². The third kappa shape index (κ3) is 4.84. The van der Waals surface area contributed by atoms with Gasteiger partial charge in [-0.05, 0) is 12.1 Å². The molecule has 0 aliphatic heterocycles. The van der Waals surface area contributed by atoms with E-state index in [2.05, 4.69) is 0 Å². The number of para-hydroxylation sites is 1. The van der Waals surface area contributed by atoms with Gasteiger partial charge in [0.25, 0.3) is 0 Å². The summed E-state index contributed by atoms with van der Waals surface area (Å²) in [5.41, 5.74) is 0. The molecular weight excluding hydrogens is 222 g/mol. The first-order valence-corrected chi connectivity index (χ1v) is 5.28. The monoisotopic (exact) mass is 239 g/mol. The summed E-state index contributed by atoms with van der Waals surface area (Å²) >= 11 is 0. The molecule has 94 valence electrons. The van der Waals surface area contributed by atoms with E-state index in [0.29, 0.717) is 5.75 Å². The normalized spacial score (nSPS) is 11.9. The number of ether oxygens (including phenoxy) is 2. The fourth-order valence-corrected chi connectivity index (χ4v) is 1.30. The van der Waals surface area contributed by atoms with Crippen molar-refractivity contribution in [3.63, 3.8) is 0 Å². The van der Waals surface area contributed by atoms with Crippen molar-refractivity contribution in [1.82, 2.24) is 4.90 Å². The minimum atomic E-state index is -0.715. The van der Waals surface area contributed by atoms with Crippen LogP contribution in [0.3, 0.4) is 0 Å². The SMILES string of the molecule is COCC(O)CN(C)C(=O)Oc1ccccc1. The summed E-state index contributed by atoms with van der Waals surface area (Å²) < 4.78 is 9.86. The Morgan fingerprint density at radius 3 is 2.65 bits per heavy atom. The predicted molar refractivity (Wildman–Crippen MR) is 63.0 cm³/mol. The number of carbonyl (C=O) groups excluding carboxylic acids is 1. The predicted octanol–water partition coefficient (Wildman–Crippen LogP) is 1.12. The highest BCUT2D eigenvalue weighted by molar-refractivity contribution is 5.70. The number of nitrogens with zero attached hydrogens (tertiary/aromatic N) is 1. The van der Waals surface area contributed by atoms with Crippen LogP contribution in [0.2, 0.25) is 0 Å². The van der Waals surface area contributed by atoms with Gasteiger partial charge in [-0.25, -0.2) is 4.79 Å². The third-order valence-electron chi connectivity index (χ3n) is 2.10. The van der Waals surface area contributed by atoms with Gasteiger partial charge in [-0.1, -0.05) is 18.2 Å². The summed E-state index contributed by atoms with van der Waals surface area (Å²) in [5, 5.41) is 9.46. The summed E-state index contributed by atoms with van der Waals surface area (Å²) in [7, 11) is 3.05. The molecule has 5 nitrogen and oxygen atoms in total. The van der Waals surface area contributed by atoms with Gasteiger partial charge >= 0.3 is 6.09 Å². The molecule has 0 aromatic heterocycles. The molecule has 5 heteroatoms. The highest BCUT2D eigenvalue weighted by atomic mass is 16.6. The lowest BCUT2D eigenvalue weighted by atomic mass is 10.3. The smallest absolute Gasteiger partial charge is 0.410 e. The van der Waals surface area contributed by atoms with E-state index in [0.717, 1.165) is 0 Å². The molecule has 0 aliphatic carbocycles. The molecule has 0 saturated carbocycles. The molecule has 1 unspecified atom stereocenters. The maximum Gasteiger partial charge on any atom is 0.415 e. The molecule has 1 amide bonds. The van der Waals surface area contributed by atoms with Crippen molar-refractivity contribution in [2.75, 3.05) is 27.3 Å². The van der Waals surface area contributed by atoms with Crippen LogP contribution in [0.1, 0.15) is 0 Å². The van der Waals surface area contributed by atoms with Crippen LogP contribution >= 0.6 is 0 Å². The second-order valence-corrected chi connectivity index (χ2v) is 3.67. The van der Waals surface area contributed by atoms with Crippen LogP contribution in [0.15, 0.2) is 30.3 Å². The Labute approximate surface area is 101 Å². The third-order valence-corrected chi connectivity index (χ3v) is 2.10. The molecular formula is C12H17NO4. The van der Waals surface area contributed by atoms with Gasteiger partial charge in [0.05, 0.1) is 19.3 Å². The van der Waals surface area contributed by atoms with Gasteiger partial charge in [0.1, 0.15) is 5.75 Å². The van der Waals surface area contributed by atoms with Crippen LogP contribution in [0.25, 0.3) is 0 Å². The van der Waals surface area contributed by atoms with Crippen LogP contribution in [0.4, 0.5) is 4.79 Å². The lowest BCUT2D eigenvalue weighted by Crippen LogP contribution is -2.37. The Hall–Kier alpha value is -1.59. The zero-order valence-electron chi connectivity index (χ0n) is 10.00. The van der Waals surface area contributed by atoms with Gasteiger partial charge < -0.3 is 19.5 Å². The van der Waals surface area contributed by atoms with Crippen LogP contribution in [-0.2, 0) is 4.74 Å². The average Bonchev–Trinajstić information content (AvgIpc) is 2.30. The molecule has 1 N–H and O–H groups in total. The van der Waals surface area contributed by atoms with Crippen LogP contribution < -0.4 is 4.74 Å². The van der Waals surface area contributed by atoms with Crippen molar-refractivity contribution in [3.8, 4) is 5.75 Å². The summed E-state index contributed by atoms with van der Waals surface area (Å²) in [6.45, 7) is 0.350. The largest absolute Gasteiger partial charge is 0.415 e. The Morgan fingerprint density at radius 1 is 1.41 bits per heavy atom. The molecule has 1 rings (SSSR count). The Balaban J connectivity index is 2.42. The molecule has 0 radical (unpaired) electrons. The molecule has 0 heterocycles. The molecule has 0 saturated heterocycles. The molecule has 0 aliphatic rings. The van der Waals surface area contributed by atoms with Gasteiger partial charge in [-0.2, -0.15) is 0 Å². The van der Waals surface area contributed by atoms with Crippen LogP contribution in [-0.4, -0.2) is 49.5 Å². The van der Waals surface area contributed by atoms with Gasteiger partial charge in [0.2, 0.25) is 0 Å². The highest BCUT2D eigenvalue weighted by Gasteiger charge is 2.15. The van der Waals surface area contributed by atoms with Crippen LogP contribution in [0, 0.1) is 0 Å². The summed E-state index contributed by atoms with van der Waals surface area (Å²) in [5.74, 6) is 0.477. The van der Waals surface area contributed by atoms with Crippen molar-refractivity contribution in [2.45, 2.75) is 6.10 Å². The molecule has 1 aromatic rings. The number of aliphatic hydroxyl groups is 1. The topological polar surface area (TPSA) is 59.0 Å². The lowest BCUT2D eigenvalue weighted by Gasteiger charge is -2.19. The quantitative estimate of drug-likeness (QED) is 0.836. The first-order chi connectivity index (χ1) is 8.13. The molecule has 0 spiro atoms. The number of benzene rings is 1. The molecule has 1 atom stereocenters. The van der Waals surface area contributed by atoms with E-state index in [9.17, 15) is 9.90 Å². The van der Waals surface area contributed by atoms with Crippen molar-refractivity contribution < 1.29 is 19.4 Å². The second kappa shape index (κ2) is 6.88. The minimum absolute atomic E-state index is 0.166. The number of methoxy groups -OCH3 is 1. The standard InChI is InChI=1S/C12H17NO4/c1-13(8-10(14)9-16-2)12(15)17-11-6-4-3-5-7-11/h3-7,10,14H,8-9H2,1-2H3. The maximum atomic E-state index is 11.6. The maximum absolute atomic E-state index is 11.6. The number of hydrogen-bond donors (Lipinski definition) is 1. The van der Waals surface area contributed by atoms with E-state index < -0.39 is 12.2 Å². The zero-order valence-corrected chi connectivity index (χ0v) is 10.00. The number of hydrogen-bond acceptors (Lipinski definition) is 4. The fourth-order valence-electron chi connectivity index (χ4n) is 1.30. The van der Waals surface area contributed by atoms with E-state index in [1.165, 1.54) is 12.0 Å². The number of aliphatic hydroxyl groups excluding tert-OH is 1.